The molecule has 1 fully saturated rings. The first-order chi connectivity index (χ1) is 10.1. The van der Waals surface area contributed by atoms with Crippen LogP contribution in [-0.2, 0) is 4.74 Å². The molecule has 1 unspecified atom stereocenters. The molecule has 21 heavy (non-hydrogen) atoms. The fraction of sp³-hybridized carbons (Fsp3) is 0.643. The maximum atomic E-state index is 11.0. The molecule has 1 aromatic rings. The van der Waals surface area contributed by atoms with E-state index < -0.39 is 5.97 Å². The summed E-state index contributed by atoms with van der Waals surface area (Å²) < 4.78 is 5.08. The van der Waals surface area contributed by atoms with Gasteiger partial charge < -0.3 is 20.1 Å². The zero-order valence-corrected chi connectivity index (χ0v) is 12.5. The second-order valence-electron chi connectivity index (χ2n) is 5.35. The molecule has 0 bridgehead atoms. The largest absolute Gasteiger partial charge is 0.477 e. The normalized spacial score (nSPS) is 18.9. The molecule has 2 heterocycles. The van der Waals surface area contributed by atoms with Gasteiger partial charge in [0, 0.05) is 32.4 Å². The molecule has 1 aliphatic rings. The van der Waals surface area contributed by atoms with Crippen LogP contribution in [0.5, 0.6) is 0 Å². The molecule has 1 aromatic heterocycles. The van der Waals surface area contributed by atoms with Gasteiger partial charge in [-0.15, -0.1) is 0 Å². The SMILES string of the molecule is COCCN1CCC(CNc2nc(C)cc(C(=O)O)n2)C1. The van der Waals surface area contributed by atoms with E-state index in [0.29, 0.717) is 17.6 Å². The maximum Gasteiger partial charge on any atom is 0.354 e. The van der Waals surface area contributed by atoms with Gasteiger partial charge >= 0.3 is 5.97 Å². The summed E-state index contributed by atoms with van der Waals surface area (Å²) in [5, 5.41) is 12.1. The molecular weight excluding hydrogens is 272 g/mol. The van der Waals surface area contributed by atoms with E-state index in [2.05, 4.69) is 20.2 Å². The van der Waals surface area contributed by atoms with E-state index in [-0.39, 0.29) is 5.69 Å². The van der Waals surface area contributed by atoms with Crippen molar-refractivity contribution in [3.63, 3.8) is 0 Å². The molecule has 1 atom stereocenters. The number of likely N-dealkylation sites (tertiary alicyclic amines) is 1. The quantitative estimate of drug-likeness (QED) is 0.771. The molecule has 1 saturated heterocycles. The molecular formula is C14H22N4O3. The molecule has 2 N–H and O–H groups in total. The number of carboxylic acids is 1. The number of hydrogen-bond donors (Lipinski definition) is 2. The summed E-state index contributed by atoms with van der Waals surface area (Å²) in [5.74, 6) is -0.114. The smallest absolute Gasteiger partial charge is 0.354 e. The summed E-state index contributed by atoms with van der Waals surface area (Å²) in [6.45, 7) is 6.33. The van der Waals surface area contributed by atoms with Crippen LogP contribution in [0.3, 0.4) is 0 Å². The molecule has 116 valence electrons. The standard InChI is InChI=1S/C14H22N4O3/c1-10-7-12(13(19)20)17-14(16-10)15-8-11-3-4-18(9-11)5-6-21-2/h7,11H,3-6,8-9H2,1-2H3,(H,19,20)(H,15,16,17). The highest BCUT2D eigenvalue weighted by Crippen LogP contribution is 2.16. The molecule has 2 rings (SSSR count). The Bertz CT molecular complexity index is 495. The van der Waals surface area contributed by atoms with Crippen molar-refractivity contribution in [2.45, 2.75) is 13.3 Å². The molecule has 0 aromatic carbocycles. The molecule has 0 saturated carbocycles. The molecule has 7 heteroatoms. The lowest BCUT2D eigenvalue weighted by Crippen LogP contribution is -2.26. The number of carboxylic acid groups (broad SMARTS) is 1. The van der Waals surface area contributed by atoms with Gasteiger partial charge in [-0.2, -0.15) is 0 Å². The number of methoxy groups -OCH3 is 1. The highest BCUT2D eigenvalue weighted by molar-refractivity contribution is 5.85. The Balaban J connectivity index is 1.85. The third-order valence-corrected chi connectivity index (χ3v) is 3.60. The second kappa shape index (κ2) is 7.33. The van der Waals surface area contributed by atoms with E-state index in [4.69, 9.17) is 9.84 Å². The number of anilines is 1. The Kier molecular flexibility index (Phi) is 5.46. The van der Waals surface area contributed by atoms with Gasteiger partial charge in [0.25, 0.3) is 0 Å². The van der Waals surface area contributed by atoms with Crippen LogP contribution in [0.2, 0.25) is 0 Å². The molecule has 0 spiro atoms. The summed E-state index contributed by atoms with van der Waals surface area (Å²) in [7, 11) is 1.71. The average molecular weight is 294 g/mol. The highest BCUT2D eigenvalue weighted by atomic mass is 16.5. The molecule has 0 amide bonds. The van der Waals surface area contributed by atoms with Crippen LogP contribution in [0.15, 0.2) is 6.07 Å². The van der Waals surface area contributed by atoms with Gasteiger partial charge in [-0.05, 0) is 31.9 Å². The zero-order valence-electron chi connectivity index (χ0n) is 12.5. The van der Waals surface area contributed by atoms with Crippen molar-refractivity contribution in [1.82, 2.24) is 14.9 Å². The first-order valence-electron chi connectivity index (χ1n) is 7.12. The minimum absolute atomic E-state index is 0.0261. The number of aromatic nitrogens is 2. The van der Waals surface area contributed by atoms with Crippen LogP contribution >= 0.6 is 0 Å². The Labute approximate surface area is 124 Å². The lowest BCUT2D eigenvalue weighted by Gasteiger charge is -2.15. The average Bonchev–Trinajstić information content (AvgIpc) is 2.90. The Hall–Kier alpha value is -1.73. The zero-order chi connectivity index (χ0) is 15.2. The lowest BCUT2D eigenvalue weighted by molar-refractivity contribution is 0.0690. The van der Waals surface area contributed by atoms with Gasteiger partial charge in [-0.1, -0.05) is 0 Å². The Morgan fingerprint density at radius 2 is 2.38 bits per heavy atom. The minimum Gasteiger partial charge on any atom is -0.477 e. The van der Waals surface area contributed by atoms with Crippen molar-refractivity contribution in [3.8, 4) is 0 Å². The van der Waals surface area contributed by atoms with Crippen LogP contribution in [0, 0.1) is 12.8 Å². The number of hydrogen-bond acceptors (Lipinski definition) is 6. The van der Waals surface area contributed by atoms with Crippen LogP contribution < -0.4 is 5.32 Å². The van der Waals surface area contributed by atoms with E-state index in [1.54, 1.807) is 14.0 Å². The summed E-state index contributed by atoms with van der Waals surface area (Å²) in [6.07, 6.45) is 1.12. The van der Waals surface area contributed by atoms with Gasteiger partial charge in [-0.3, -0.25) is 0 Å². The van der Waals surface area contributed by atoms with Crippen molar-refractivity contribution < 1.29 is 14.6 Å². The van der Waals surface area contributed by atoms with Gasteiger partial charge in [0.15, 0.2) is 5.69 Å². The van der Waals surface area contributed by atoms with Gasteiger partial charge in [0.05, 0.1) is 6.61 Å². The van der Waals surface area contributed by atoms with E-state index >= 15 is 0 Å². The predicted molar refractivity (Wildman–Crippen MR) is 78.6 cm³/mol. The Morgan fingerprint density at radius 3 is 3.10 bits per heavy atom. The fourth-order valence-electron chi connectivity index (χ4n) is 2.50. The number of carbonyl (C=O) groups is 1. The number of nitrogens with one attached hydrogen (secondary N) is 1. The van der Waals surface area contributed by atoms with E-state index in [1.807, 2.05) is 0 Å². The number of aryl methyl sites for hydroxylation is 1. The predicted octanol–water partition coefficient (Wildman–Crippen LogP) is 0.863. The molecule has 0 aliphatic carbocycles. The van der Waals surface area contributed by atoms with Crippen molar-refractivity contribution in [2.24, 2.45) is 5.92 Å². The third-order valence-electron chi connectivity index (χ3n) is 3.60. The molecule has 0 radical (unpaired) electrons. The minimum atomic E-state index is -1.03. The van der Waals surface area contributed by atoms with Gasteiger partial charge in [0.2, 0.25) is 5.95 Å². The van der Waals surface area contributed by atoms with Crippen molar-refractivity contribution >= 4 is 11.9 Å². The summed E-state index contributed by atoms with van der Waals surface area (Å²) in [4.78, 5) is 21.6. The highest BCUT2D eigenvalue weighted by Gasteiger charge is 2.22. The monoisotopic (exact) mass is 294 g/mol. The van der Waals surface area contributed by atoms with Crippen LogP contribution in [0.1, 0.15) is 22.6 Å². The van der Waals surface area contributed by atoms with Gasteiger partial charge in [0.1, 0.15) is 0 Å². The van der Waals surface area contributed by atoms with Gasteiger partial charge in [-0.25, -0.2) is 14.8 Å². The van der Waals surface area contributed by atoms with Crippen LogP contribution in [0.4, 0.5) is 5.95 Å². The first-order valence-corrected chi connectivity index (χ1v) is 7.12. The third kappa shape index (κ3) is 4.64. The first kappa shape index (κ1) is 15.7. The summed E-state index contributed by atoms with van der Waals surface area (Å²) in [6, 6.07) is 1.47. The number of rotatable bonds is 7. The van der Waals surface area contributed by atoms with E-state index in [0.717, 1.165) is 39.2 Å². The summed E-state index contributed by atoms with van der Waals surface area (Å²) >= 11 is 0. The summed E-state index contributed by atoms with van der Waals surface area (Å²) in [5.41, 5.74) is 0.677. The number of ether oxygens (including phenoxy) is 1. The number of aromatic carboxylic acids is 1. The molecule has 7 nitrogen and oxygen atoms in total. The molecule has 1 aliphatic heterocycles. The second-order valence-corrected chi connectivity index (χ2v) is 5.35. The maximum absolute atomic E-state index is 11.0. The topological polar surface area (TPSA) is 87.6 Å². The number of nitrogens with zero attached hydrogens (tertiary/aromatic N) is 3. The van der Waals surface area contributed by atoms with E-state index in [1.165, 1.54) is 6.07 Å². The fourth-order valence-corrected chi connectivity index (χ4v) is 2.50. The van der Waals surface area contributed by atoms with E-state index in [9.17, 15) is 4.79 Å². The van der Waals surface area contributed by atoms with Crippen LogP contribution in [0.25, 0.3) is 0 Å². The van der Waals surface area contributed by atoms with Crippen molar-refractivity contribution in [1.29, 1.82) is 0 Å². The van der Waals surface area contributed by atoms with Crippen molar-refractivity contribution in [3.05, 3.63) is 17.5 Å². The lowest BCUT2D eigenvalue weighted by atomic mass is 10.1. The van der Waals surface area contributed by atoms with Crippen LogP contribution in [-0.4, -0.2) is 65.8 Å². The Morgan fingerprint density at radius 1 is 1.57 bits per heavy atom. The van der Waals surface area contributed by atoms with Crippen molar-refractivity contribution in [2.75, 3.05) is 45.2 Å².